The van der Waals surface area contributed by atoms with Crippen LogP contribution in [0.1, 0.15) is 67.2 Å². The molecule has 0 amide bonds. The molecule has 0 saturated carbocycles. The van der Waals surface area contributed by atoms with Gasteiger partial charge in [-0.3, -0.25) is 13.2 Å². The highest BCUT2D eigenvalue weighted by atomic mass is 32.2. The third-order valence-corrected chi connectivity index (χ3v) is 6.17. The van der Waals surface area contributed by atoms with Crippen molar-refractivity contribution in [2.24, 2.45) is 0 Å². The average molecular weight is 445 g/mol. The Morgan fingerprint density at radius 2 is 1.18 bits per heavy atom. The number of hydrogen-bond donors (Lipinski definition) is 0. The van der Waals surface area contributed by atoms with Crippen molar-refractivity contribution in [1.29, 1.82) is 0 Å². The maximum atomic E-state index is 11.9. The number of ketones is 1. The summed E-state index contributed by atoms with van der Waals surface area (Å²) in [4.78, 5) is 22.8. The van der Waals surface area contributed by atoms with Gasteiger partial charge in [0.25, 0.3) is 20.2 Å². The maximum Gasteiger partial charge on any atom is 0.337 e. The Morgan fingerprint density at radius 1 is 0.786 bits per heavy atom. The predicted molar refractivity (Wildman–Crippen MR) is 104 cm³/mol. The first-order valence-corrected chi connectivity index (χ1v) is 12.3. The summed E-state index contributed by atoms with van der Waals surface area (Å²) >= 11 is 0. The van der Waals surface area contributed by atoms with Crippen LogP contribution in [0.5, 0.6) is 0 Å². The minimum Gasteiger partial charge on any atom is -0.458 e. The lowest BCUT2D eigenvalue weighted by Gasteiger charge is -2.22. The highest BCUT2D eigenvalue weighted by Gasteiger charge is 2.26. The van der Waals surface area contributed by atoms with Gasteiger partial charge in [-0.15, -0.1) is 0 Å². The maximum absolute atomic E-state index is 11.9. The lowest BCUT2D eigenvalue weighted by Crippen LogP contribution is -2.33. The van der Waals surface area contributed by atoms with Crippen molar-refractivity contribution in [3.8, 4) is 0 Å². The first-order valence-electron chi connectivity index (χ1n) is 9.10. The largest absolute Gasteiger partial charge is 0.458 e. The van der Waals surface area contributed by atoms with E-state index in [-0.39, 0.29) is 30.1 Å². The fourth-order valence-electron chi connectivity index (χ4n) is 1.94. The van der Waals surface area contributed by atoms with Crippen molar-refractivity contribution < 1.29 is 39.5 Å². The molecule has 0 bridgehead atoms. The van der Waals surface area contributed by atoms with Crippen LogP contribution in [0, 0.1) is 0 Å². The van der Waals surface area contributed by atoms with E-state index >= 15 is 0 Å². The lowest BCUT2D eigenvalue weighted by molar-refractivity contribution is -0.162. The fraction of sp³-hybridized carbons (Fsp3) is 0.882. The Morgan fingerprint density at radius 3 is 1.54 bits per heavy atom. The smallest absolute Gasteiger partial charge is 0.337 e. The highest BCUT2D eigenvalue weighted by Crippen LogP contribution is 2.13. The van der Waals surface area contributed by atoms with Crippen LogP contribution in [-0.4, -0.2) is 57.9 Å². The molecule has 0 fully saturated rings. The molecule has 2 atom stereocenters. The number of carbonyl (C=O) groups excluding carboxylic acids is 2. The SMILES string of the molecule is CC(=O)C(C)OS(=O)(=O)CCCCCCS(=O)(=O)OC(C)C(=O)OC(C)(C)C. The van der Waals surface area contributed by atoms with Gasteiger partial charge in [0.05, 0.1) is 11.5 Å². The van der Waals surface area contributed by atoms with E-state index in [0.717, 1.165) is 0 Å². The van der Waals surface area contributed by atoms with Crippen molar-refractivity contribution in [3.05, 3.63) is 0 Å². The topological polar surface area (TPSA) is 130 Å². The van der Waals surface area contributed by atoms with Gasteiger partial charge in [0.15, 0.2) is 11.9 Å². The molecule has 0 rings (SSSR count). The van der Waals surface area contributed by atoms with Crippen LogP contribution < -0.4 is 0 Å². The number of rotatable bonds is 13. The van der Waals surface area contributed by atoms with E-state index in [2.05, 4.69) is 0 Å². The minimum atomic E-state index is -3.90. The summed E-state index contributed by atoms with van der Waals surface area (Å²) in [6.07, 6.45) is -0.792. The first-order chi connectivity index (χ1) is 12.5. The molecule has 0 spiro atoms. The summed E-state index contributed by atoms with van der Waals surface area (Å²) in [6, 6.07) is 0. The van der Waals surface area contributed by atoms with Crippen molar-refractivity contribution in [2.45, 2.75) is 85.0 Å². The summed E-state index contributed by atoms with van der Waals surface area (Å²) in [5.41, 5.74) is -0.745. The van der Waals surface area contributed by atoms with E-state index in [0.29, 0.717) is 12.8 Å². The van der Waals surface area contributed by atoms with Gasteiger partial charge >= 0.3 is 5.97 Å². The molecule has 0 aliphatic carbocycles. The monoisotopic (exact) mass is 444 g/mol. The molecule has 0 aromatic heterocycles. The van der Waals surface area contributed by atoms with Gasteiger partial charge in [-0.2, -0.15) is 16.8 Å². The van der Waals surface area contributed by atoms with E-state index in [1.807, 2.05) is 0 Å². The molecule has 9 nitrogen and oxygen atoms in total. The normalized spacial score (nSPS) is 15.1. The molecule has 0 heterocycles. The van der Waals surface area contributed by atoms with Crippen LogP contribution in [0.4, 0.5) is 0 Å². The van der Waals surface area contributed by atoms with Crippen molar-refractivity contribution in [3.63, 3.8) is 0 Å². The second-order valence-corrected chi connectivity index (χ2v) is 11.0. The van der Waals surface area contributed by atoms with E-state index in [1.165, 1.54) is 20.8 Å². The molecule has 0 aliphatic heterocycles. The molecule has 0 radical (unpaired) electrons. The Kier molecular flexibility index (Phi) is 10.8. The zero-order valence-electron chi connectivity index (χ0n) is 17.4. The molecule has 0 aromatic rings. The Bertz CT molecular complexity index is 718. The third kappa shape index (κ3) is 13.2. The molecule has 166 valence electrons. The Hall–Kier alpha value is -1.04. The molecule has 0 saturated heterocycles. The fourth-order valence-corrected chi connectivity index (χ4v) is 4.34. The molecule has 0 aromatic carbocycles. The summed E-state index contributed by atoms with van der Waals surface area (Å²) in [6.45, 7) is 8.91. The zero-order valence-corrected chi connectivity index (χ0v) is 19.0. The number of hydrogen-bond acceptors (Lipinski definition) is 9. The molecular formula is C17H32O9S2. The van der Waals surface area contributed by atoms with Crippen molar-refractivity contribution in [2.75, 3.05) is 11.5 Å². The summed E-state index contributed by atoms with van der Waals surface area (Å²) in [5, 5.41) is 0. The Labute approximate surface area is 168 Å². The first kappa shape index (κ1) is 27.0. The molecule has 2 unspecified atom stereocenters. The summed E-state index contributed by atoms with van der Waals surface area (Å²) in [5.74, 6) is -1.68. The van der Waals surface area contributed by atoms with E-state index in [9.17, 15) is 26.4 Å². The van der Waals surface area contributed by atoms with Gasteiger partial charge in [0.1, 0.15) is 11.7 Å². The Balaban J connectivity index is 4.19. The van der Waals surface area contributed by atoms with Crippen molar-refractivity contribution >= 4 is 32.0 Å². The molecule has 28 heavy (non-hydrogen) atoms. The number of carbonyl (C=O) groups is 2. The van der Waals surface area contributed by atoms with E-state index in [1.54, 1.807) is 20.8 Å². The summed E-state index contributed by atoms with van der Waals surface area (Å²) in [7, 11) is -7.70. The minimum absolute atomic E-state index is 0.246. The second kappa shape index (κ2) is 11.2. The van der Waals surface area contributed by atoms with Crippen LogP contribution in [-0.2, 0) is 42.9 Å². The molecular weight excluding hydrogens is 412 g/mol. The van der Waals surface area contributed by atoms with E-state index < -0.39 is 44.0 Å². The number of ether oxygens (including phenoxy) is 1. The molecule has 11 heteroatoms. The van der Waals surface area contributed by atoms with E-state index in [4.69, 9.17) is 13.1 Å². The number of unbranched alkanes of at least 4 members (excludes halogenated alkanes) is 3. The lowest BCUT2D eigenvalue weighted by atomic mass is 10.2. The van der Waals surface area contributed by atoms with Crippen LogP contribution in [0.25, 0.3) is 0 Å². The average Bonchev–Trinajstić information content (AvgIpc) is 2.47. The number of Topliss-reactive ketones (excluding diaryl/α,β-unsaturated/α-hetero) is 1. The summed E-state index contributed by atoms with van der Waals surface area (Å²) < 4.78 is 61.8. The predicted octanol–water partition coefficient (Wildman–Crippen LogP) is 1.95. The zero-order chi connectivity index (χ0) is 22.2. The molecule has 0 N–H and O–H groups in total. The van der Waals surface area contributed by atoms with Gasteiger partial charge in [-0.1, -0.05) is 12.8 Å². The molecule has 0 aliphatic rings. The van der Waals surface area contributed by atoms with Gasteiger partial charge in [-0.25, -0.2) is 4.79 Å². The van der Waals surface area contributed by atoms with Gasteiger partial charge in [0, 0.05) is 0 Å². The standard InChI is InChI=1S/C17H32O9S2/c1-13(18)14(2)25-27(20,21)11-9-7-8-10-12-28(22,23)26-15(3)16(19)24-17(4,5)6/h14-15H,7-12H2,1-6H3. The number of esters is 1. The van der Waals surface area contributed by atoms with Crippen LogP contribution >= 0.6 is 0 Å². The van der Waals surface area contributed by atoms with Gasteiger partial charge in [-0.05, 0) is 54.4 Å². The third-order valence-electron chi connectivity index (χ3n) is 3.43. The van der Waals surface area contributed by atoms with Crippen LogP contribution in [0.3, 0.4) is 0 Å². The van der Waals surface area contributed by atoms with Crippen LogP contribution in [0.15, 0.2) is 0 Å². The van der Waals surface area contributed by atoms with Crippen molar-refractivity contribution in [1.82, 2.24) is 0 Å². The van der Waals surface area contributed by atoms with Gasteiger partial charge in [0.2, 0.25) is 0 Å². The van der Waals surface area contributed by atoms with Gasteiger partial charge < -0.3 is 4.74 Å². The highest BCUT2D eigenvalue weighted by molar-refractivity contribution is 7.87. The van der Waals surface area contributed by atoms with Crippen LogP contribution in [0.2, 0.25) is 0 Å². The quantitative estimate of drug-likeness (QED) is 0.237. The second-order valence-electron chi connectivity index (χ2n) is 7.56.